The van der Waals surface area contributed by atoms with Crippen LogP contribution in [0.1, 0.15) is 24.0 Å². The number of halogens is 1. The molecule has 30 heavy (non-hydrogen) atoms. The molecule has 1 aliphatic heterocycles. The molecule has 3 heterocycles. The predicted molar refractivity (Wildman–Crippen MR) is 122 cm³/mol. The number of rotatable bonds is 5. The normalized spacial score (nSPS) is 17.4. The van der Waals surface area contributed by atoms with E-state index in [0.29, 0.717) is 28.9 Å². The zero-order valence-electron chi connectivity index (χ0n) is 16.4. The van der Waals surface area contributed by atoms with Crippen molar-refractivity contribution in [2.24, 2.45) is 0 Å². The second kappa shape index (κ2) is 8.39. The van der Waals surface area contributed by atoms with Crippen molar-refractivity contribution in [1.82, 2.24) is 9.29 Å². The number of thiazole rings is 1. The van der Waals surface area contributed by atoms with E-state index in [1.54, 1.807) is 6.07 Å². The van der Waals surface area contributed by atoms with E-state index in [-0.39, 0.29) is 10.1 Å². The van der Waals surface area contributed by atoms with Crippen LogP contribution >= 0.6 is 34.3 Å². The fourth-order valence-corrected chi connectivity index (χ4v) is 7.39. The first-order chi connectivity index (χ1) is 14.3. The lowest BCUT2D eigenvalue weighted by Crippen LogP contribution is -2.42. The first-order valence-corrected chi connectivity index (χ1v) is 12.9. The van der Waals surface area contributed by atoms with Crippen LogP contribution in [0.4, 0.5) is 5.13 Å². The van der Waals surface area contributed by atoms with Crippen LogP contribution in [0.5, 0.6) is 0 Å². The van der Waals surface area contributed by atoms with Gasteiger partial charge in [0.2, 0.25) is 5.91 Å². The summed E-state index contributed by atoms with van der Waals surface area (Å²) in [6.45, 7) is 4.41. The number of amides is 1. The van der Waals surface area contributed by atoms with E-state index in [1.165, 1.54) is 32.8 Å². The number of anilines is 1. The number of hydrogen-bond acceptors (Lipinski definition) is 6. The molecule has 0 aliphatic carbocycles. The molecule has 1 unspecified atom stereocenters. The van der Waals surface area contributed by atoms with Crippen molar-refractivity contribution < 1.29 is 13.2 Å². The van der Waals surface area contributed by atoms with Crippen molar-refractivity contribution in [1.29, 1.82) is 0 Å². The van der Waals surface area contributed by atoms with E-state index in [0.717, 1.165) is 22.6 Å². The van der Waals surface area contributed by atoms with Crippen LogP contribution in [0.25, 0.3) is 11.3 Å². The SMILES string of the molecule is Cc1ccc(-c2csc(NC(=O)C3CCCN3S(=O)(=O)c3ccc(Cl)s3)n2)cc1C. The monoisotopic (exact) mass is 481 g/mol. The van der Waals surface area contributed by atoms with Gasteiger partial charge in [0.05, 0.1) is 10.0 Å². The van der Waals surface area contributed by atoms with E-state index in [2.05, 4.69) is 23.3 Å². The minimum absolute atomic E-state index is 0.151. The molecule has 1 fully saturated rings. The number of carbonyl (C=O) groups excluding carboxylic acids is 1. The molecule has 1 amide bonds. The van der Waals surface area contributed by atoms with Crippen LogP contribution < -0.4 is 5.32 Å². The maximum absolute atomic E-state index is 12.9. The summed E-state index contributed by atoms with van der Waals surface area (Å²) >= 11 is 8.22. The van der Waals surface area contributed by atoms with Gasteiger partial charge in [-0.1, -0.05) is 23.7 Å². The van der Waals surface area contributed by atoms with Gasteiger partial charge in [-0.15, -0.1) is 22.7 Å². The summed E-state index contributed by atoms with van der Waals surface area (Å²) in [7, 11) is -3.76. The highest BCUT2D eigenvalue weighted by atomic mass is 35.5. The fraction of sp³-hybridized carbons (Fsp3) is 0.300. The minimum atomic E-state index is -3.76. The van der Waals surface area contributed by atoms with Crippen molar-refractivity contribution in [2.75, 3.05) is 11.9 Å². The maximum atomic E-state index is 12.9. The van der Waals surface area contributed by atoms with Gasteiger partial charge in [-0.3, -0.25) is 4.79 Å². The molecule has 1 N–H and O–H groups in total. The zero-order chi connectivity index (χ0) is 21.5. The van der Waals surface area contributed by atoms with E-state index in [1.807, 2.05) is 24.4 Å². The highest BCUT2D eigenvalue weighted by Gasteiger charge is 2.40. The lowest BCUT2D eigenvalue weighted by molar-refractivity contribution is -0.119. The smallest absolute Gasteiger partial charge is 0.253 e. The van der Waals surface area contributed by atoms with Crippen LogP contribution in [0.2, 0.25) is 4.34 Å². The number of nitrogens with zero attached hydrogens (tertiary/aromatic N) is 2. The molecule has 1 atom stereocenters. The Balaban J connectivity index is 1.51. The third-order valence-electron chi connectivity index (χ3n) is 5.15. The molecule has 10 heteroatoms. The van der Waals surface area contributed by atoms with Gasteiger partial charge in [0.15, 0.2) is 5.13 Å². The average molecular weight is 482 g/mol. The Morgan fingerprint density at radius 3 is 2.73 bits per heavy atom. The Labute approximate surface area is 188 Å². The van der Waals surface area contributed by atoms with Gasteiger partial charge in [-0.05, 0) is 56.0 Å². The Morgan fingerprint density at radius 2 is 2.03 bits per heavy atom. The van der Waals surface area contributed by atoms with E-state index < -0.39 is 16.1 Å². The van der Waals surface area contributed by atoms with Crippen molar-refractivity contribution >= 4 is 55.3 Å². The predicted octanol–water partition coefficient (Wildman–Crippen LogP) is 4.93. The standard InChI is InChI=1S/C20H20ClN3O3S3/c1-12-5-6-14(10-13(12)2)15-11-28-20(22-15)23-19(25)16-4-3-9-24(16)30(26,27)18-8-7-17(21)29-18/h5-8,10-11,16H,3-4,9H2,1-2H3,(H,22,23,25). The third-order valence-corrected chi connectivity index (χ3v) is 9.52. The molecule has 0 spiro atoms. The van der Waals surface area contributed by atoms with Crippen molar-refractivity contribution in [3.8, 4) is 11.3 Å². The van der Waals surface area contributed by atoms with E-state index >= 15 is 0 Å². The molecule has 3 aromatic rings. The second-order valence-corrected chi connectivity index (χ2v) is 11.8. The highest BCUT2D eigenvalue weighted by molar-refractivity contribution is 7.91. The van der Waals surface area contributed by atoms with Gasteiger partial charge in [0, 0.05) is 17.5 Å². The number of thiophene rings is 1. The van der Waals surface area contributed by atoms with Crippen molar-refractivity contribution in [3.05, 3.63) is 51.2 Å². The van der Waals surface area contributed by atoms with Crippen LogP contribution in [0.3, 0.4) is 0 Å². The van der Waals surface area contributed by atoms with Crippen LogP contribution in [0.15, 0.2) is 39.9 Å². The van der Waals surface area contributed by atoms with Crippen LogP contribution in [-0.2, 0) is 14.8 Å². The highest BCUT2D eigenvalue weighted by Crippen LogP contribution is 2.33. The van der Waals surface area contributed by atoms with Gasteiger partial charge in [0.25, 0.3) is 10.0 Å². The lowest BCUT2D eigenvalue weighted by atomic mass is 10.1. The number of nitrogens with one attached hydrogen (secondary N) is 1. The molecule has 4 rings (SSSR count). The van der Waals surface area contributed by atoms with Gasteiger partial charge in [0.1, 0.15) is 10.3 Å². The van der Waals surface area contributed by atoms with Gasteiger partial charge < -0.3 is 5.32 Å². The molecule has 2 aromatic heterocycles. The quantitative estimate of drug-likeness (QED) is 0.560. The van der Waals surface area contributed by atoms with E-state index in [4.69, 9.17) is 11.6 Å². The Kier molecular flexibility index (Phi) is 6.00. The Bertz CT molecular complexity index is 1200. The molecule has 1 aliphatic rings. The molecular weight excluding hydrogens is 462 g/mol. The summed E-state index contributed by atoms with van der Waals surface area (Å²) in [5.74, 6) is -0.361. The molecule has 0 saturated carbocycles. The maximum Gasteiger partial charge on any atom is 0.253 e. The molecular formula is C20H20ClN3O3S3. The number of aryl methyl sites for hydroxylation is 2. The number of sulfonamides is 1. The molecule has 0 radical (unpaired) electrons. The Morgan fingerprint density at radius 1 is 1.23 bits per heavy atom. The fourth-order valence-electron chi connectivity index (χ4n) is 3.39. The summed E-state index contributed by atoms with van der Waals surface area (Å²) in [6, 6.07) is 8.37. The summed E-state index contributed by atoms with van der Waals surface area (Å²) in [6.07, 6.45) is 1.10. The van der Waals surface area contributed by atoms with Crippen molar-refractivity contribution in [2.45, 2.75) is 36.9 Å². The van der Waals surface area contributed by atoms with Gasteiger partial charge >= 0.3 is 0 Å². The average Bonchev–Trinajstić information content (AvgIpc) is 3.44. The van der Waals surface area contributed by atoms with E-state index in [9.17, 15) is 13.2 Å². The zero-order valence-corrected chi connectivity index (χ0v) is 19.6. The lowest BCUT2D eigenvalue weighted by Gasteiger charge is -2.22. The minimum Gasteiger partial charge on any atom is -0.301 e. The van der Waals surface area contributed by atoms with Crippen molar-refractivity contribution in [3.63, 3.8) is 0 Å². The first-order valence-electron chi connectivity index (χ1n) is 9.37. The molecule has 1 aromatic carbocycles. The second-order valence-electron chi connectivity index (χ2n) is 7.16. The topological polar surface area (TPSA) is 79.4 Å². The van der Waals surface area contributed by atoms with Gasteiger partial charge in [-0.25, -0.2) is 13.4 Å². The number of carbonyl (C=O) groups is 1. The van der Waals surface area contributed by atoms with Gasteiger partial charge in [-0.2, -0.15) is 4.31 Å². The number of aromatic nitrogens is 1. The molecule has 1 saturated heterocycles. The number of benzene rings is 1. The number of hydrogen-bond donors (Lipinski definition) is 1. The summed E-state index contributed by atoms with van der Waals surface area (Å²) in [5.41, 5.74) is 4.14. The molecule has 158 valence electrons. The first kappa shape index (κ1) is 21.5. The summed E-state index contributed by atoms with van der Waals surface area (Å²) < 4.78 is 27.7. The molecule has 6 nitrogen and oxygen atoms in total. The summed E-state index contributed by atoms with van der Waals surface area (Å²) in [5, 5.41) is 5.14. The largest absolute Gasteiger partial charge is 0.301 e. The molecule has 0 bridgehead atoms. The van der Waals surface area contributed by atoms with Crippen LogP contribution in [0, 0.1) is 13.8 Å². The summed E-state index contributed by atoms with van der Waals surface area (Å²) in [4.78, 5) is 17.4. The Hall–Kier alpha value is -1.78. The van der Waals surface area contributed by atoms with Crippen LogP contribution in [-0.4, -0.2) is 36.2 Å². The third kappa shape index (κ3) is 4.17.